The molecule has 1 saturated heterocycles. The van der Waals surface area contributed by atoms with Crippen LogP contribution in [0.5, 0.6) is 0 Å². The van der Waals surface area contributed by atoms with Crippen molar-refractivity contribution in [1.29, 1.82) is 0 Å². The number of aliphatic hydroxyl groups is 1. The highest BCUT2D eigenvalue weighted by molar-refractivity contribution is 5.93. The summed E-state index contributed by atoms with van der Waals surface area (Å²) in [5, 5.41) is 9.51. The van der Waals surface area contributed by atoms with Gasteiger partial charge in [-0.15, -0.1) is 0 Å². The summed E-state index contributed by atoms with van der Waals surface area (Å²) in [7, 11) is 0. The van der Waals surface area contributed by atoms with Crippen molar-refractivity contribution in [3.05, 3.63) is 24.3 Å². The SMILES string of the molecule is CC(O)CC1CCCCN1C(=O)c1cncnc1. The summed E-state index contributed by atoms with van der Waals surface area (Å²) in [5.41, 5.74) is 0.523. The first-order valence-electron chi connectivity index (χ1n) is 6.42. The van der Waals surface area contributed by atoms with Crippen LogP contribution in [-0.4, -0.2) is 44.6 Å². The van der Waals surface area contributed by atoms with Crippen molar-refractivity contribution in [2.24, 2.45) is 0 Å². The van der Waals surface area contributed by atoms with Gasteiger partial charge in [0.25, 0.3) is 5.91 Å². The van der Waals surface area contributed by atoms with E-state index in [0.29, 0.717) is 12.0 Å². The smallest absolute Gasteiger partial charge is 0.257 e. The van der Waals surface area contributed by atoms with Gasteiger partial charge in [-0.3, -0.25) is 4.79 Å². The predicted molar refractivity (Wildman–Crippen MR) is 67.0 cm³/mol. The van der Waals surface area contributed by atoms with Crippen LogP contribution in [0.4, 0.5) is 0 Å². The lowest BCUT2D eigenvalue weighted by atomic mass is 9.96. The van der Waals surface area contributed by atoms with E-state index in [1.54, 1.807) is 19.3 Å². The molecular formula is C13H19N3O2. The van der Waals surface area contributed by atoms with Crippen molar-refractivity contribution in [2.45, 2.75) is 44.8 Å². The zero-order chi connectivity index (χ0) is 13.0. The van der Waals surface area contributed by atoms with Crippen LogP contribution >= 0.6 is 0 Å². The lowest BCUT2D eigenvalue weighted by molar-refractivity contribution is 0.0514. The van der Waals surface area contributed by atoms with Crippen molar-refractivity contribution in [1.82, 2.24) is 14.9 Å². The zero-order valence-corrected chi connectivity index (χ0v) is 10.6. The first kappa shape index (κ1) is 13.0. The molecule has 0 saturated carbocycles. The Kier molecular flexibility index (Phi) is 4.25. The second kappa shape index (κ2) is 5.91. The van der Waals surface area contributed by atoms with Gasteiger partial charge >= 0.3 is 0 Å². The molecule has 0 aromatic carbocycles. The number of rotatable bonds is 3. The van der Waals surface area contributed by atoms with Gasteiger partial charge in [-0.1, -0.05) is 0 Å². The molecule has 2 atom stereocenters. The Labute approximate surface area is 107 Å². The van der Waals surface area contributed by atoms with Gasteiger partial charge in [0.05, 0.1) is 11.7 Å². The maximum absolute atomic E-state index is 12.4. The summed E-state index contributed by atoms with van der Waals surface area (Å²) in [4.78, 5) is 22.0. The molecule has 1 N–H and O–H groups in total. The van der Waals surface area contributed by atoms with E-state index in [1.165, 1.54) is 6.33 Å². The van der Waals surface area contributed by atoms with Crippen LogP contribution < -0.4 is 0 Å². The number of aliphatic hydroxyl groups excluding tert-OH is 1. The number of aromatic nitrogens is 2. The van der Waals surface area contributed by atoms with Crippen molar-refractivity contribution in [3.63, 3.8) is 0 Å². The molecule has 1 fully saturated rings. The molecule has 1 aliphatic rings. The molecule has 2 rings (SSSR count). The van der Waals surface area contributed by atoms with E-state index in [4.69, 9.17) is 0 Å². The largest absolute Gasteiger partial charge is 0.393 e. The molecular weight excluding hydrogens is 230 g/mol. The molecule has 5 nitrogen and oxygen atoms in total. The Morgan fingerprint density at radius 1 is 1.50 bits per heavy atom. The van der Waals surface area contributed by atoms with Crippen molar-refractivity contribution >= 4 is 5.91 Å². The van der Waals surface area contributed by atoms with Crippen LogP contribution in [-0.2, 0) is 0 Å². The Morgan fingerprint density at radius 3 is 2.89 bits per heavy atom. The molecule has 2 heterocycles. The number of carbonyl (C=O) groups excluding carboxylic acids is 1. The first-order chi connectivity index (χ1) is 8.68. The van der Waals surface area contributed by atoms with E-state index in [0.717, 1.165) is 25.8 Å². The molecule has 1 aromatic rings. The minimum absolute atomic E-state index is 0.0269. The van der Waals surface area contributed by atoms with Crippen molar-refractivity contribution in [3.8, 4) is 0 Å². The fraction of sp³-hybridized carbons (Fsp3) is 0.615. The van der Waals surface area contributed by atoms with Gasteiger partial charge in [-0.05, 0) is 32.6 Å². The number of hydrogen-bond donors (Lipinski definition) is 1. The number of amides is 1. The van der Waals surface area contributed by atoms with E-state index in [9.17, 15) is 9.90 Å². The maximum atomic E-state index is 12.4. The minimum Gasteiger partial charge on any atom is -0.393 e. The third kappa shape index (κ3) is 3.04. The van der Waals surface area contributed by atoms with E-state index in [1.807, 2.05) is 4.90 Å². The molecule has 18 heavy (non-hydrogen) atoms. The minimum atomic E-state index is -0.379. The fourth-order valence-corrected chi connectivity index (χ4v) is 2.48. The summed E-state index contributed by atoms with van der Waals surface area (Å²) in [6.45, 7) is 2.52. The molecule has 1 amide bonds. The van der Waals surface area contributed by atoms with Crippen LogP contribution in [0, 0.1) is 0 Å². The normalized spacial score (nSPS) is 21.7. The second-order valence-corrected chi connectivity index (χ2v) is 4.86. The Hall–Kier alpha value is -1.49. The zero-order valence-electron chi connectivity index (χ0n) is 10.6. The molecule has 0 aliphatic carbocycles. The van der Waals surface area contributed by atoms with Crippen LogP contribution in [0.25, 0.3) is 0 Å². The van der Waals surface area contributed by atoms with E-state index in [-0.39, 0.29) is 18.1 Å². The lowest BCUT2D eigenvalue weighted by Crippen LogP contribution is -2.45. The third-order valence-electron chi connectivity index (χ3n) is 3.31. The number of nitrogens with zero attached hydrogens (tertiary/aromatic N) is 3. The number of hydrogen-bond acceptors (Lipinski definition) is 4. The average molecular weight is 249 g/mol. The quantitative estimate of drug-likeness (QED) is 0.875. The monoisotopic (exact) mass is 249 g/mol. The summed E-state index contributed by atoms with van der Waals surface area (Å²) < 4.78 is 0. The molecule has 0 bridgehead atoms. The molecule has 2 unspecified atom stereocenters. The standard InChI is InChI=1S/C13H19N3O2/c1-10(17)6-12-4-2-3-5-16(12)13(18)11-7-14-9-15-8-11/h7-10,12,17H,2-6H2,1H3. The number of likely N-dealkylation sites (tertiary alicyclic amines) is 1. The van der Waals surface area contributed by atoms with Gasteiger partial charge in [-0.25, -0.2) is 9.97 Å². The molecule has 98 valence electrons. The summed E-state index contributed by atoms with van der Waals surface area (Å²) in [5.74, 6) is -0.0269. The Morgan fingerprint density at radius 2 is 2.22 bits per heavy atom. The molecule has 5 heteroatoms. The third-order valence-corrected chi connectivity index (χ3v) is 3.31. The van der Waals surface area contributed by atoms with Gasteiger partial charge < -0.3 is 10.0 Å². The lowest BCUT2D eigenvalue weighted by Gasteiger charge is -2.36. The maximum Gasteiger partial charge on any atom is 0.257 e. The molecule has 1 aliphatic heterocycles. The van der Waals surface area contributed by atoms with Gasteiger partial charge in [0, 0.05) is 25.0 Å². The first-order valence-corrected chi connectivity index (χ1v) is 6.42. The summed E-state index contributed by atoms with van der Waals surface area (Å²) in [6.07, 6.45) is 7.87. The van der Waals surface area contributed by atoms with E-state index >= 15 is 0 Å². The van der Waals surface area contributed by atoms with Gasteiger partial charge in [0.2, 0.25) is 0 Å². The van der Waals surface area contributed by atoms with Crippen molar-refractivity contribution < 1.29 is 9.90 Å². The highest BCUT2D eigenvalue weighted by Crippen LogP contribution is 2.22. The van der Waals surface area contributed by atoms with E-state index in [2.05, 4.69) is 9.97 Å². The van der Waals surface area contributed by atoms with Crippen molar-refractivity contribution in [2.75, 3.05) is 6.54 Å². The Bertz CT molecular complexity index is 394. The average Bonchev–Trinajstić information content (AvgIpc) is 2.39. The highest BCUT2D eigenvalue weighted by Gasteiger charge is 2.28. The van der Waals surface area contributed by atoms with Crippen LogP contribution in [0.1, 0.15) is 43.0 Å². The molecule has 1 aromatic heterocycles. The summed E-state index contributed by atoms with van der Waals surface area (Å²) >= 11 is 0. The van der Waals surface area contributed by atoms with E-state index < -0.39 is 0 Å². The molecule has 0 radical (unpaired) electrons. The summed E-state index contributed by atoms with van der Waals surface area (Å²) in [6, 6.07) is 0.131. The number of piperidine rings is 1. The fourth-order valence-electron chi connectivity index (χ4n) is 2.48. The molecule has 0 spiro atoms. The Balaban J connectivity index is 2.11. The van der Waals surface area contributed by atoms with Crippen LogP contribution in [0.2, 0.25) is 0 Å². The van der Waals surface area contributed by atoms with Crippen LogP contribution in [0.3, 0.4) is 0 Å². The number of carbonyl (C=O) groups is 1. The highest BCUT2D eigenvalue weighted by atomic mass is 16.3. The van der Waals surface area contributed by atoms with Crippen LogP contribution in [0.15, 0.2) is 18.7 Å². The second-order valence-electron chi connectivity index (χ2n) is 4.86. The van der Waals surface area contributed by atoms with Gasteiger partial charge in [0.15, 0.2) is 0 Å². The van der Waals surface area contributed by atoms with Gasteiger partial charge in [-0.2, -0.15) is 0 Å². The topological polar surface area (TPSA) is 66.3 Å². The predicted octanol–water partition coefficient (Wildman–Crippen LogP) is 1.24. The van der Waals surface area contributed by atoms with Gasteiger partial charge in [0.1, 0.15) is 6.33 Å².